The summed E-state index contributed by atoms with van der Waals surface area (Å²) >= 11 is 0. The molecule has 0 saturated heterocycles. The van der Waals surface area contributed by atoms with E-state index in [1.807, 2.05) is 6.92 Å². The van der Waals surface area contributed by atoms with Crippen molar-refractivity contribution in [2.45, 2.75) is 48.9 Å². The lowest BCUT2D eigenvalue weighted by Crippen LogP contribution is -2.27. The van der Waals surface area contributed by atoms with Gasteiger partial charge in [-0.2, -0.15) is 4.98 Å². The molecule has 8 nitrogen and oxygen atoms in total. The van der Waals surface area contributed by atoms with Crippen LogP contribution in [0.4, 0.5) is 4.39 Å². The van der Waals surface area contributed by atoms with Crippen molar-refractivity contribution in [2.24, 2.45) is 0 Å². The second-order valence-electron chi connectivity index (χ2n) is 8.83. The smallest absolute Gasteiger partial charge is 0.296 e. The lowest BCUT2D eigenvalue weighted by Gasteiger charge is -2.23. The number of hydrogen-bond acceptors (Lipinski definition) is 7. The lowest BCUT2D eigenvalue weighted by atomic mass is 10.1. The number of aromatic hydroxyl groups is 1. The van der Waals surface area contributed by atoms with Crippen LogP contribution in [0.2, 0.25) is 0 Å². The van der Waals surface area contributed by atoms with Gasteiger partial charge in [-0.15, -0.1) is 0 Å². The van der Waals surface area contributed by atoms with E-state index in [9.17, 15) is 22.7 Å². The van der Waals surface area contributed by atoms with E-state index in [2.05, 4.69) is 9.97 Å². The van der Waals surface area contributed by atoms with Gasteiger partial charge >= 0.3 is 0 Å². The molecule has 0 amide bonds. The largest absolute Gasteiger partial charge is 0.497 e. The van der Waals surface area contributed by atoms with Gasteiger partial charge in [-0.3, -0.25) is 14.3 Å². The Morgan fingerprint density at radius 2 is 1.74 bits per heavy atom. The minimum atomic E-state index is -4.45. The van der Waals surface area contributed by atoms with Crippen LogP contribution in [0.3, 0.4) is 0 Å². The first kappa shape index (κ1) is 27.0. The maximum Gasteiger partial charge on any atom is 0.296 e. The number of aryl methyl sites for hydroxylation is 1. The van der Waals surface area contributed by atoms with Crippen LogP contribution in [0, 0.1) is 5.82 Å². The molecule has 1 atom stereocenters. The minimum absolute atomic E-state index is 0.204. The molecular formula is C28H28FN3O5S. The van der Waals surface area contributed by atoms with Crippen LogP contribution in [0.15, 0.2) is 81.6 Å². The molecule has 1 N–H and O–H groups in total. The fourth-order valence-electron chi connectivity index (χ4n) is 4.25. The Morgan fingerprint density at radius 3 is 2.34 bits per heavy atom. The van der Waals surface area contributed by atoms with Gasteiger partial charge < -0.3 is 9.84 Å². The molecule has 0 fully saturated rings. The van der Waals surface area contributed by atoms with Crippen molar-refractivity contribution in [1.82, 2.24) is 14.5 Å². The number of rotatable bonds is 9. The van der Waals surface area contributed by atoms with Crippen molar-refractivity contribution in [3.05, 3.63) is 94.5 Å². The van der Waals surface area contributed by atoms with Gasteiger partial charge in [0.05, 0.1) is 24.2 Å². The van der Waals surface area contributed by atoms with Crippen molar-refractivity contribution in [1.29, 1.82) is 0 Å². The number of unbranched alkanes of at least 4 members (excludes halogenated alkanes) is 1. The van der Waals surface area contributed by atoms with Gasteiger partial charge in [0.1, 0.15) is 17.4 Å². The number of aromatic nitrogens is 3. The van der Waals surface area contributed by atoms with Crippen molar-refractivity contribution in [3.8, 4) is 22.8 Å². The Hall–Kier alpha value is -4.05. The van der Waals surface area contributed by atoms with E-state index in [1.165, 1.54) is 41.1 Å². The first-order valence-corrected chi connectivity index (χ1v) is 13.6. The highest BCUT2D eigenvalue weighted by Crippen LogP contribution is 2.33. The van der Waals surface area contributed by atoms with Gasteiger partial charge in [0.25, 0.3) is 5.56 Å². The topological polar surface area (TPSA) is 111 Å². The summed E-state index contributed by atoms with van der Waals surface area (Å²) in [5, 5.41) is 11.3. The van der Waals surface area contributed by atoms with Crippen molar-refractivity contribution in [2.75, 3.05) is 7.11 Å². The summed E-state index contributed by atoms with van der Waals surface area (Å²) in [5.74, 6) is -0.247. The van der Waals surface area contributed by atoms with E-state index in [0.717, 1.165) is 18.2 Å². The van der Waals surface area contributed by atoms with E-state index in [1.54, 1.807) is 38.3 Å². The molecular weight excluding hydrogens is 509 g/mol. The van der Waals surface area contributed by atoms with E-state index >= 15 is 0 Å². The van der Waals surface area contributed by atoms with E-state index in [0.29, 0.717) is 35.5 Å². The van der Waals surface area contributed by atoms with Crippen LogP contribution in [0.1, 0.15) is 44.1 Å². The molecule has 4 aromatic rings. The normalized spacial score (nSPS) is 12.3. The van der Waals surface area contributed by atoms with Crippen LogP contribution in [0.5, 0.6) is 11.6 Å². The molecule has 198 valence electrons. The first-order chi connectivity index (χ1) is 18.2. The first-order valence-electron chi connectivity index (χ1n) is 12.1. The minimum Gasteiger partial charge on any atom is -0.497 e. The molecule has 0 unspecified atom stereocenters. The van der Waals surface area contributed by atoms with Crippen molar-refractivity contribution >= 4 is 9.84 Å². The average Bonchev–Trinajstić information content (AvgIpc) is 2.91. The van der Waals surface area contributed by atoms with Gasteiger partial charge in [0.2, 0.25) is 15.7 Å². The molecule has 0 aliphatic rings. The number of benzene rings is 2. The van der Waals surface area contributed by atoms with Crippen LogP contribution in [0.25, 0.3) is 11.1 Å². The second kappa shape index (κ2) is 11.1. The molecule has 0 aliphatic heterocycles. The Bertz CT molecular complexity index is 1600. The summed E-state index contributed by atoms with van der Waals surface area (Å²) < 4.78 is 47.4. The zero-order valence-electron chi connectivity index (χ0n) is 21.3. The van der Waals surface area contributed by atoms with Gasteiger partial charge in [0.15, 0.2) is 4.90 Å². The molecule has 2 heterocycles. The highest BCUT2D eigenvalue weighted by Gasteiger charge is 2.31. The molecule has 38 heavy (non-hydrogen) atoms. The summed E-state index contributed by atoms with van der Waals surface area (Å²) in [5.41, 5.74) is 0.749. The summed E-state index contributed by atoms with van der Waals surface area (Å²) in [6.07, 6.45) is 4.43. The van der Waals surface area contributed by atoms with Crippen LogP contribution < -0.4 is 10.3 Å². The molecule has 10 heteroatoms. The maximum atomic E-state index is 13.6. The molecule has 0 saturated carbocycles. The highest BCUT2D eigenvalue weighted by atomic mass is 32.2. The monoisotopic (exact) mass is 537 g/mol. The van der Waals surface area contributed by atoms with Crippen LogP contribution in [-0.2, 0) is 16.3 Å². The SMILES string of the molecule is CCCCc1nc(=O)c(S(=O)(=O)c2ccc(-c3cncc(F)c3)cc2)c(O)n1[C@@H](C)c1ccc(OC)cc1. The Morgan fingerprint density at radius 1 is 1.05 bits per heavy atom. The van der Waals surface area contributed by atoms with Crippen molar-refractivity contribution < 1.29 is 22.7 Å². The van der Waals surface area contributed by atoms with E-state index < -0.39 is 38.0 Å². The predicted molar refractivity (Wildman–Crippen MR) is 141 cm³/mol. The van der Waals surface area contributed by atoms with Gasteiger partial charge in [0, 0.05) is 18.2 Å². The molecule has 0 aliphatic carbocycles. The van der Waals surface area contributed by atoms with Crippen LogP contribution in [-0.4, -0.2) is 35.2 Å². The number of ether oxygens (including phenoxy) is 1. The third kappa shape index (κ3) is 5.31. The van der Waals surface area contributed by atoms with Gasteiger partial charge in [-0.05, 0) is 54.8 Å². The number of pyridine rings is 1. The number of nitrogens with zero attached hydrogens (tertiary/aromatic N) is 3. The lowest BCUT2D eigenvalue weighted by molar-refractivity contribution is 0.368. The predicted octanol–water partition coefficient (Wildman–Crippen LogP) is 4.94. The Balaban J connectivity index is 1.82. The summed E-state index contributed by atoms with van der Waals surface area (Å²) in [6, 6.07) is 13.5. The molecule has 0 radical (unpaired) electrons. The Kier molecular flexibility index (Phi) is 7.91. The molecule has 2 aromatic carbocycles. The third-order valence-corrected chi connectivity index (χ3v) is 8.13. The molecule has 0 bridgehead atoms. The third-order valence-electron chi connectivity index (χ3n) is 6.35. The fourth-order valence-corrected chi connectivity index (χ4v) is 5.59. The van der Waals surface area contributed by atoms with Gasteiger partial charge in [-0.25, -0.2) is 12.8 Å². The summed E-state index contributed by atoms with van der Waals surface area (Å²) in [7, 11) is -2.90. The standard InChI is InChI=1S/C28H28FN3O5S/c1-4-5-6-25-31-27(33)26(28(34)32(25)18(2)19-7-11-23(37-3)12-8-19)38(35,36)24-13-9-20(10-14-24)21-15-22(29)17-30-16-21/h7-18,34H,4-6H2,1-3H3/t18-/m0/s1. The molecule has 2 aromatic heterocycles. The van der Waals surface area contributed by atoms with E-state index in [4.69, 9.17) is 4.74 Å². The second-order valence-corrected chi connectivity index (χ2v) is 10.7. The zero-order valence-corrected chi connectivity index (χ0v) is 22.1. The number of sulfone groups is 1. The highest BCUT2D eigenvalue weighted by molar-refractivity contribution is 7.91. The van der Waals surface area contributed by atoms with Gasteiger partial charge in [-0.1, -0.05) is 37.6 Å². The summed E-state index contributed by atoms with van der Waals surface area (Å²) in [4.78, 5) is 20.0. The van der Waals surface area contributed by atoms with Crippen molar-refractivity contribution in [3.63, 3.8) is 0 Å². The molecule has 0 spiro atoms. The quantitative estimate of drug-likeness (QED) is 0.322. The van der Waals surface area contributed by atoms with Crippen LogP contribution >= 0.6 is 0 Å². The molecule has 4 rings (SSSR count). The fraction of sp³-hybridized carbons (Fsp3) is 0.250. The Labute approximate surface area is 220 Å². The number of methoxy groups -OCH3 is 1. The summed E-state index contributed by atoms with van der Waals surface area (Å²) in [6.45, 7) is 3.78. The van der Waals surface area contributed by atoms with E-state index in [-0.39, 0.29) is 4.90 Å². The average molecular weight is 538 g/mol. The zero-order chi connectivity index (χ0) is 27.4. The number of halogens is 1. The maximum absolute atomic E-state index is 13.6. The number of hydrogen-bond donors (Lipinski definition) is 1.